The number of rotatable bonds is 4. The van der Waals surface area contributed by atoms with E-state index in [0.29, 0.717) is 17.4 Å². The molecule has 0 unspecified atom stereocenters. The molecule has 1 aliphatic carbocycles. The topological polar surface area (TPSA) is 54.9 Å². The van der Waals surface area contributed by atoms with Crippen LogP contribution in [0.25, 0.3) is 10.9 Å². The highest BCUT2D eigenvalue weighted by molar-refractivity contribution is 5.94. The van der Waals surface area contributed by atoms with Crippen LogP contribution >= 0.6 is 0 Å². The van der Waals surface area contributed by atoms with Crippen LogP contribution in [0.3, 0.4) is 0 Å². The number of benzene rings is 1. The van der Waals surface area contributed by atoms with Gasteiger partial charge in [-0.15, -0.1) is 0 Å². The molecule has 2 heterocycles. The lowest BCUT2D eigenvalue weighted by Crippen LogP contribution is -2.39. The molecular weight excluding hydrogens is 353 g/mol. The number of pyridine rings is 2. The fourth-order valence-corrected chi connectivity index (χ4v) is 4.34. The van der Waals surface area contributed by atoms with Gasteiger partial charge in [-0.05, 0) is 86.4 Å². The molecule has 0 aliphatic heterocycles. The van der Waals surface area contributed by atoms with Crippen molar-refractivity contribution in [1.29, 1.82) is 0 Å². The molecule has 4 rings (SSSR count). The quantitative estimate of drug-likeness (QED) is 0.706. The fourth-order valence-electron chi connectivity index (χ4n) is 4.34. The molecular formula is C23H24FN3O. The van der Waals surface area contributed by atoms with Gasteiger partial charge in [0.15, 0.2) is 0 Å². The number of hydrogen-bond donors (Lipinski definition) is 1. The lowest BCUT2D eigenvalue weighted by atomic mass is 9.75. The van der Waals surface area contributed by atoms with Crippen molar-refractivity contribution in [1.82, 2.24) is 15.3 Å². The molecule has 0 spiro atoms. The van der Waals surface area contributed by atoms with Gasteiger partial charge in [0.1, 0.15) is 5.82 Å². The van der Waals surface area contributed by atoms with Gasteiger partial charge in [-0.3, -0.25) is 14.8 Å². The Labute approximate surface area is 164 Å². The van der Waals surface area contributed by atoms with Crippen LogP contribution in [-0.4, -0.2) is 21.9 Å². The molecule has 0 bridgehead atoms. The maximum atomic E-state index is 13.7. The van der Waals surface area contributed by atoms with E-state index in [1.807, 2.05) is 12.3 Å². The minimum atomic E-state index is -0.220. The van der Waals surface area contributed by atoms with E-state index in [4.69, 9.17) is 0 Å². The summed E-state index contributed by atoms with van der Waals surface area (Å²) in [5, 5.41) is 4.05. The zero-order chi connectivity index (χ0) is 19.5. The third-order valence-electron chi connectivity index (χ3n) is 5.96. The number of carbonyl (C=O) groups excluding carboxylic acids is 1. The van der Waals surface area contributed by atoms with Crippen LogP contribution in [0.5, 0.6) is 0 Å². The third-order valence-corrected chi connectivity index (χ3v) is 5.96. The van der Waals surface area contributed by atoms with Gasteiger partial charge in [-0.1, -0.05) is 0 Å². The van der Waals surface area contributed by atoms with Gasteiger partial charge in [-0.2, -0.15) is 0 Å². The van der Waals surface area contributed by atoms with Crippen LogP contribution in [-0.2, 0) is 0 Å². The summed E-state index contributed by atoms with van der Waals surface area (Å²) in [6.07, 6.45) is 9.24. The minimum absolute atomic E-state index is 0.0485. The highest BCUT2D eigenvalue weighted by Gasteiger charge is 2.28. The van der Waals surface area contributed by atoms with E-state index < -0.39 is 0 Å². The molecule has 2 aromatic heterocycles. The molecule has 1 atom stereocenters. The molecule has 1 fully saturated rings. The van der Waals surface area contributed by atoms with E-state index in [0.717, 1.165) is 36.6 Å². The molecule has 0 saturated heterocycles. The van der Waals surface area contributed by atoms with Crippen molar-refractivity contribution in [2.24, 2.45) is 5.92 Å². The zero-order valence-corrected chi connectivity index (χ0v) is 15.9. The van der Waals surface area contributed by atoms with Crippen molar-refractivity contribution in [2.45, 2.75) is 44.6 Å². The zero-order valence-electron chi connectivity index (χ0n) is 15.9. The fraction of sp³-hybridized carbons (Fsp3) is 0.348. The number of halogens is 1. The first-order valence-electron chi connectivity index (χ1n) is 9.87. The number of carbonyl (C=O) groups is 1. The van der Waals surface area contributed by atoms with E-state index in [-0.39, 0.29) is 17.8 Å². The molecule has 1 N–H and O–H groups in total. The van der Waals surface area contributed by atoms with Gasteiger partial charge in [0.2, 0.25) is 0 Å². The van der Waals surface area contributed by atoms with Crippen LogP contribution in [0.1, 0.15) is 54.4 Å². The first-order valence-corrected chi connectivity index (χ1v) is 9.87. The summed E-state index contributed by atoms with van der Waals surface area (Å²) in [4.78, 5) is 20.7. The Kier molecular flexibility index (Phi) is 5.33. The smallest absolute Gasteiger partial charge is 0.251 e. The van der Waals surface area contributed by atoms with E-state index in [9.17, 15) is 9.18 Å². The van der Waals surface area contributed by atoms with Gasteiger partial charge in [0, 0.05) is 35.6 Å². The summed E-state index contributed by atoms with van der Waals surface area (Å²) in [6, 6.07) is 10.4. The molecule has 4 nitrogen and oxygen atoms in total. The van der Waals surface area contributed by atoms with Gasteiger partial charge in [0.05, 0.1) is 5.52 Å². The highest BCUT2D eigenvalue weighted by Crippen LogP contribution is 2.39. The minimum Gasteiger partial charge on any atom is -0.349 e. The standard InChI is InChI=1S/C23H24FN3O/c1-15(27-23(28)18-8-11-25-12-9-18)16-2-4-17(5-3-16)20-10-13-26-22-7-6-19(24)14-21(20)22/h6-17H,2-5H2,1H3,(H,27,28)/t15-,16?,17?/m1/s1. The highest BCUT2D eigenvalue weighted by atomic mass is 19.1. The van der Waals surface area contributed by atoms with Crippen molar-refractivity contribution in [2.75, 3.05) is 0 Å². The number of fused-ring (bicyclic) bond motifs is 1. The van der Waals surface area contributed by atoms with E-state index in [1.165, 1.54) is 11.6 Å². The Balaban J connectivity index is 1.41. The second kappa shape index (κ2) is 8.05. The van der Waals surface area contributed by atoms with Gasteiger partial charge < -0.3 is 5.32 Å². The lowest BCUT2D eigenvalue weighted by Gasteiger charge is -2.33. The summed E-state index contributed by atoms with van der Waals surface area (Å²) in [6.45, 7) is 2.08. The van der Waals surface area contributed by atoms with Crippen LogP contribution in [0.2, 0.25) is 0 Å². The monoisotopic (exact) mass is 377 g/mol. The molecule has 1 aromatic carbocycles. The molecule has 0 radical (unpaired) electrons. The number of nitrogens with zero attached hydrogens (tertiary/aromatic N) is 2. The molecule has 3 aromatic rings. The lowest BCUT2D eigenvalue weighted by molar-refractivity contribution is 0.0917. The first kappa shape index (κ1) is 18.5. The van der Waals surface area contributed by atoms with Crippen molar-refractivity contribution in [3.8, 4) is 0 Å². The molecule has 144 valence electrons. The molecule has 1 amide bonds. The average Bonchev–Trinajstić information content (AvgIpc) is 2.74. The van der Waals surface area contributed by atoms with E-state index in [1.54, 1.807) is 36.7 Å². The van der Waals surface area contributed by atoms with Crippen molar-refractivity contribution < 1.29 is 9.18 Å². The first-order chi connectivity index (χ1) is 13.6. The maximum Gasteiger partial charge on any atom is 0.251 e. The number of aromatic nitrogens is 2. The largest absolute Gasteiger partial charge is 0.349 e. The van der Waals surface area contributed by atoms with Crippen LogP contribution in [0, 0.1) is 11.7 Å². The molecule has 5 heteroatoms. The van der Waals surface area contributed by atoms with Gasteiger partial charge >= 0.3 is 0 Å². The summed E-state index contributed by atoms with van der Waals surface area (Å²) < 4.78 is 13.7. The van der Waals surface area contributed by atoms with Crippen molar-refractivity contribution in [3.05, 3.63) is 71.9 Å². The second-order valence-corrected chi connectivity index (χ2v) is 7.67. The van der Waals surface area contributed by atoms with E-state index in [2.05, 4.69) is 22.2 Å². The third kappa shape index (κ3) is 3.88. The van der Waals surface area contributed by atoms with Crippen molar-refractivity contribution >= 4 is 16.8 Å². The Morgan fingerprint density at radius 3 is 2.57 bits per heavy atom. The van der Waals surface area contributed by atoms with Gasteiger partial charge in [-0.25, -0.2) is 4.39 Å². The summed E-state index contributed by atoms with van der Waals surface area (Å²) >= 11 is 0. The molecule has 1 aliphatic rings. The number of nitrogens with one attached hydrogen (secondary N) is 1. The van der Waals surface area contributed by atoms with Gasteiger partial charge in [0.25, 0.3) is 5.91 Å². The number of amides is 1. The van der Waals surface area contributed by atoms with E-state index >= 15 is 0 Å². The van der Waals surface area contributed by atoms with Crippen LogP contribution in [0.4, 0.5) is 4.39 Å². The second-order valence-electron chi connectivity index (χ2n) is 7.67. The molecule has 1 saturated carbocycles. The van der Waals surface area contributed by atoms with Crippen LogP contribution < -0.4 is 5.32 Å². The predicted octanol–water partition coefficient (Wildman–Crippen LogP) is 4.86. The average molecular weight is 377 g/mol. The summed E-state index contributed by atoms with van der Waals surface area (Å²) in [5.41, 5.74) is 2.68. The predicted molar refractivity (Wildman–Crippen MR) is 108 cm³/mol. The van der Waals surface area contributed by atoms with Crippen molar-refractivity contribution in [3.63, 3.8) is 0 Å². The summed E-state index contributed by atoms with van der Waals surface area (Å²) in [7, 11) is 0. The maximum absolute atomic E-state index is 13.7. The SMILES string of the molecule is C[C@@H](NC(=O)c1ccncc1)C1CCC(c2ccnc3ccc(F)cc23)CC1. The normalized spacial score (nSPS) is 20.6. The van der Waals surface area contributed by atoms with Crippen LogP contribution in [0.15, 0.2) is 55.0 Å². The summed E-state index contributed by atoms with van der Waals surface area (Å²) in [5.74, 6) is 0.592. The number of hydrogen-bond acceptors (Lipinski definition) is 3. The Hall–Kier alpha value is -2.82. The Bertz CT molecular complexity index is 968. The Morgan fingerprint density at radius 1 is 1.07 bits per heavy atom. The molecule has 28 heavy (non-hydrogen) atoms. The Morgan fingerprint density at radius 2 is 1.82 bits per heavy atom.